The first-order valence-corrected chi connectivity index (χ1v) is 7.63. The number of carbonyl (C=O) groups is 1. The molecule has 0 bridgehead atoms. The highest BCUT2D eigenvalue weighted by atomic mass is 16.6. The van der Waals surface area contributed by atoms with Gasteiger partial charge < -0.3 is 45.2 Å². The Morgan fingerprint density at radius 2 is 1.67 bits per heavy atom. The van der Waals surface area contributed by atoms with Crippen LogP contribution in [-0.4, -0.2) is 110 Å². The van der Waals surface area contributed by atoms with Crippen LogP contribution in [0.25, 0.3) is 0 Å². The van der Waals surface area contributed by atoms with E-state index in [1.165, 1.54) is 0 Å². The van der Waals surface area contributed by atoms with Crippen LogP contribution in [0.5, 0.6) is 0 Å². The van der Waals surface area contributed by atoms with E-state index in [-0.39, 0.29) is 19.6 Å². The summed E-state index contributed by atoms with van der Waals surface area (Å²) in [5.41, 5.74) is 0. The normalized spacial score (nSPS) is 34.6. The number of rotatable bonds is 9. The largest absolute Gasteiger partial charge is 0.394 e. The van der Waals surface area contributed by atoms with E-state index in [0.717, 1.165) is 6.92 Å². The van der Waals surface area contributed by atoms with E-state index in [4.69, 9.17) is 14.6 Å². The summed E-state index contributed by atoms with van der Waals surface area (Å²) in [6, 6.07) is 0. The minimum Gasteiger partial charge on any atom is -0.394 e. The summed E-state index contributed by atoms with van der Waals surface area (Å²) in [5, 5.41) is 66.6. The van der Waals surface area contributed by atoms with E-state index in [0.29, 0.717) is 0 Å². The molecule has 10 nitrogen and oxygen atoms in total. The molecule has 1 fully saturated rings. The minimum atomic E-state index is -1.69. The van der Waals surface area contributed by atoms with Gasteiger partial charge in [-0.15, -0.1) is 0 Å². The second-order valence-corrected chi connectivity index (χ2v) is 5.84. The predicted octanol–water partition coefficient (Wildman–Crippen LogP) is -4.09. The van der Waals surface area contributed by atoms with Crippen molar-refractivity contribution in [1.29, 1.82) is 0 Å². The van der Waals surface area contributed by atoms with Gasteiger partial charge in [-0.25, -0.2) is 0 Å². The van der Waals surface area contributed by atoms with Crippen LogP contribution in [0, 0.1) is 0 Å². The van der Waals surface area contributed by atoms with Crippen LogP contribution in [0.2, 0.25) is 0 Å². The van der Waals surface area contributed by atoms with E-state index in [1.807, 2.05) is 0 Å². The quantitative estimate of drug-likeness (QED) is 0.201. The molecule has 24 heavy (non-hydrogen) atoms. The fourth-order valence-electron chi connectivity index (χ4n) is 2.34. The highest BCUT2D eigenvalue weighted by Crippen LogP contribution is 2.21. The molecule has 0 spiro atoms. The second-order valence-electron chi connectivity index (χ2n) is 5.84. The summed E-state index contributed by atoms with van der Waals surface area (Å²) >= 11 is 0. The number of carbonyl (C=O) groups excluding carboxylic acids is 1. The third kappa shape index (κ3) is 5.41. The van der Waals surface area contributed by atoms with Crippen LogP contribution in [0.4, 0.5) is 0 Å². The maximum absolute atomic E-state index is 10.9. The number of hydrogen-bond acceptors (Lipinski definition) is 10. The Morgan fingerprint density at radius 3 is 2.21 bits per heavy atom. The molecule has 5 unspecified atom stereocenters. The van der Waals surface area contributed by atoms with Crippen molar-refractivity contribution in [3.63, 3.8) is 0 Å². The number of ketones is 1. The molecule has 10 heteroatoms. The molecule has 7 N–H and O–H groups in total. The van der Waals surface area contributed by atoms with E-state index < -0.39 is 61.2 Å². The van der Waals surface area contributed by atoms with Gasteiger partial charge in [-0.2, -0.15) is 0 Å². The lowest BCUT2D eigenvalue weighted by Crippen LogP contribution is -2.59. The SMILES string of the molecule is CC(=O)C(O)C(O)C(O)CCOC[C@@H]1OC(CO)[C@H](O)[C@H](O)C1O. The van der Waals surface area contributed by atoms with Crippen LogP contribution in [-0.2, 0) is 14.3 Å². The fourth-order valence-corrected chi connectivity index (χ4v) is 2.34. The zero-order valence-corrected chi connectivity index (χ0v) is 13.3. The van der Waals surface area contributed by atoms with Crippen molar-refractivity contribution in [3.8, 4) is 0 Å². The molecule has 142 valence electrons. The zero-order valence-electron chi connectivity index (χ0n) is 13.3. The Kier molecular flexibility index (Phi) is 8.63. The topological polar surface area (TPSA) is 177 Å². The molecule has 0 aliphatic carbocycles. The molecule has 1 rings (SSSR count). The summed E-state index contributed by atoms with van der Waals surface area (Å²) in [6.07, 6.45) is -11.2. The second kappa shape index (κ2) is 9.70. The van der Waals surface area contributed by atoms with Gasteiger partial charge in [0.05, 0.1) is 19.3 Å². The number of aliphatic hydroxyl groups is 7. The standard InChI is InChI=1S/C14H26O10/c1-6(16)10(18)11(19)7(17)2-3-23-5-9-13(21)14(22)12(20)8(4-15)24-9/h7-15,17-22H,2-5H2,1H3/t7?,8?,9-,10?,11?,12-,13?,14-/m0/s1. The Morgan fingerprint density at radius 1 is 1.08 bits per heavy atom. The first kappa shape index (κ1) is 21.4. The predicted molar refractivity (Wildman–Crippen MR) is 77.9 cm³/mol. The van der Waals surface area contributed by atoms with Crippen LogP contribution >= 0.6 is 0 Å². The Hall–Kier alpha value is -0.690. The first-order valence-electron chi connectivity index (χ1n) is 7.63. The first-order chi connectivity index (χ1) is 11.2. The van der Waals surface area contributed by atoms with Crippen LogP contribution < -0.4 is 0 Å². The molecule has 0 saturated carbocycles. The molecule has 0 amide bonds. The molecule has 1 aliphatic rings. The van der Waals surface area contributed by atoms with Crippen LogP contribution in [0.15, 0.2) is 0 Å². The van der Waals surface area contributed by atoms with Gasteiger partial charge in [0.15, 0.2) is 5.78 Å². The number of hydrogen-bond donors (Lipinski definition) is 7. The van der Waals surface area contributed by atoms with Gasteiger partial charge in [0.25, 0.3) is 0 Å². The highest BCUT2D eigenvalue weighted by molar-refractivity contribution is 5.80. The van der Waals surface area contributed by atoms with Crippen molar-refractivity contribution >= 4 is 5.78 Å². The third-order valence-corrected chi connectivity index (χ3v) is 3.97. The average Bonchev–Trinajstić information content (AvgIpc) is 2.56. The van der Waals surface area contributed by atoms with E-state index >= 15 is 0 Å². The molecular formula is C14H26O10. The molecule has 1 saturated heterocycles. The summed E-state index contributed by atoms with van der Waals surface area (Å²) in [6.45, 7) is 0.253. The minimum absolute atomic E-state index is 0.0854. The zero-order chi connectivity index (χ0) is 18.4. The summed E-state index contributed by atoms with van der Waals surface area (Å²) in [5.74, 6) is -0.677. The van der Waals surface area contributed by atoms with Gasteiger partial charge >= 0.3 is 0 Å². The lowest BCUT2D eigenvalue weighted by Gasteiger charge is -2.39. The Balaban J connectivity index is 2.37. The molecule has 0 radical (unpaired) electrons. The maximum Gasteiger partial charge on any atom is 0.160 e. The molecule has 1 aliphatic heterocycles. The summed E-state index contributed by atoms with van der Waals surface area (Å²) in [4.78, 5) is 10.9. The van der Waals surface area contributed by atoms with E-state index in [9.17, 15) is 35.4 Å². The Labute approximate surface area is 138 Å². The van der Waals surface area contributed by atoms with Gasteiger partial charge in [-0.3, -0.25) is 4.79 Å². The number of aliphatic hydroxyl groups excluding tert-OH is 7. The van der Waals surface area contributed by atoms with E-state index in [2.05, 4.69) is 0 Å². The third-order valence-electron chi connectivity index (χ3n) is 3.97. The highest BCUT2D eigenvalue weighted by Gasteiger charge is 2.43. The van der Waals surface area contributed by atoms with Gasteiger partial charge in [0.1, 0.15) is 42.7 Å². The van der Waals surface area contributed by atoms with Gasteiger partial charge in [-0.1, -0.05) is 0 Å². The molecular weight excluding hydrogens is 328 g/mol. The maximum atomic E-state index is 10.9. The van der Waals surface area contributed by atoms with Gasteiger partial charge in [-0.05, 0) is 13.3 Å². The van der Waals surface area contributed by atoms with Crippen molar-refractivity contribution in [2.24, 2.45) is 0 Å². The van der Waals surface area contributed by atoms with Crippen molar-refractivity contribution in [2.75, 3.05) is 19.8 Å². The Bertz CT molecular complexity index is 390. The molecule has 0 aromatic heterocycles. The smallest absolute Gasteiger partial charge is 0.160 e. The van der Waals surface area contributed by atoms with Crippen molar-refractivity contribution in [1.82, 2.24) is 0 Å². The molecule has 8 atom stereocenters. The number of Topliss-reactive ketones (excluding diaryl/α,β-unsaturated/α-hetero) is 1. The molecule has 0 aromatic carbocycles. The lowest BCUT2D eigenvalue weighted by molar-refractivity contribution is -0.239. The van der Waals surface area contributed by atoms with Crippen molar-refractivity contribution in [3.05, 3.63) is 0 Å². The average molecular weight is 354 g/mol. The van der Waals surface area contributed by atoms with E-state index in [1.54, 1.807) is 0 Å². The monoisotopic (exact) mass is 354 g/mol. The van der Waals surface area contributed by atoms with Crippen LogP contribution in [0.3, 0.4) is 0 Å². The molecule has 1 heterocycles. The lowest BCUT2D eigenvalue weighted by atomic mass is 9.95. The number of ether oxygens (including phenoxy) is 2. The summed E-state index contributed by atoms with van der Waals surface area (Å²) < 4.78 is 10.4. The summed E-state index contributed by atoms with van der Waals surface area (Å²) in [7, 11) is 0. The molecule has 0 aromatic rings. The van der Waals surface area contributed by atoms with Crippen molar-refractivity contribution < 1.29 is 50.0 Å². The van der Waals surface area contributed by atoms with Gasteiger partial charge in [0.2, 0.25) is 0 Å². The van der Waals surface area contributed by atoms with Crippen LogP contribution in [0.1, 0.15) is 13.3 Å². The fraction of sp³-hybridized carbons (Fsp3) is 0.929. The van der Waals surface area contributed by atoms with Gasteiger partial charge in [0, 0.05) is 6.61 Å². The van der Waals surface area contributed by atoms with Crippen molar-refractivity contribution in [2.45, 2.75) is 62.2 Å².